The Morgan fingerprint density at radius 2 is 1.75 bits per heavy atom. The van der Waals surface area contributed by atoms with Crippen molar-refractivity contribution in [2.24, 2.45) is 0 Å². The van der Waals surface area contributed by atoms with Gasteiger partial charge in [0, 0.05) is 24.8 Å². The zero-order chi connectivity index (χ0) is 16.8. The van der Waals surface area contributed by atoms with Gasteiger partial charge in [0.25, 0.3) is 0 Å². The van der Waals surface area contributed by atoms with Crippen LogP contribution in [0.4, 0.5) is 5.69 Å². The maximum absolute atomic E-state index is 5.63. The normalized spacial score (nSPS) is 19.6. The summed E-state index contributed by atoms with van der Waals surface area (Å²) in [6.07, 6.45) is 8.94. The second kappa shape index (κ2) is 8.82. The molecule has 0 aromatic heterocycles. The smallest absolute Gasteiger partial charge is 0.173 e. The summed E-state index contributed by atoms with van der Waals surface area (Å²) >= 11 is 5.63. The molecular formula is C20H31N3S. The number of aryl methyl sites for hydroxylation is 1. The van der Waals surface area contributed by atoms with Gasteiger partial charge in [-0.1, -0.05) is 25.5 Å². The van der Waals surface area contributed by atoms with Crippen LogP contribution < -0.4 is 5.32 Å². The lowest BCUT2D eigenvalue weighted by atomic mass is 10.0. The van der Waals surface area contributed by atoms with Gasteiger partial charge in [0.15, 0.2) is 5.11 Å². The topological polar surface area (TPSA) is 18.5 Å². The molecule has 0 amide bonds. The molecule has 0 spiro atoms. The number of anilines is 1. The highest BCUT2D eigenvalue weighted by Gasteiger charge is 2.27. The number of benzene rings is 1. The van der Waals surface area contributed by atoms with Gasteiger partial charge >= 0.3 is 0 Å². The molecule has 3 nitrogen and oxygen atoms in total. The van der Waals surface area contributed by atoms with Gasteiger partial charge in [-0.25, -0.2) is 0 Å². The summed E-state index contributed by atoms with van der Waals surface area (Å²) in [5.74, 6) is 0. The average Bonchev–Trinajstić information content (AvgIpc) is 3.16. The molecule has 2 fully saturated rings. The molecule has 2 saturated heterocycles. The molecule has 4 heteroatoms. The minimum atomic E-state index is 0.782. The van der Waals surface area contributed by atoms with Crippen molar-refractivity contribution in [2.75, 3.05) is 31.5 Å². The van der Waals surface area contributed by atoms with Crippen LogP contribution in [0.1, 0.15) is 51.0 Å². The minimum absolute atomic E-state index is 0.782. The van der Waals surface area contributed by atoms with E-state index in [-0.39, 0.29) is 0 Å². The zero-order valence-electron chi connectivity index (χ0n) is 15.0. The average molecular weight is 346 g/mol. The maximum Gasteiger partial charge on any atom is 0.173 e. The van der Waals surface area contributed by atoms with Crippen LogP contribution in [-0.4, -0.2) is 47.1 Å². The molecule has 3 rings (SSSR count). The van der Waals surface area contributed by atoms with Crippen molar-refractivity contribution in [1.82, 2.24) is 9.80 Å². The molecule has 24 heavy (non-hydrogen) atoms. The van der Waals surface area contributed by atoms with Crippen LogP contribution in [0.2, 0.25) is 0 Å². The van der Waals surface area contributed by atoms with Crippen molar-refractivity contribution >= 4 is 23.0 Å². The van der Waals surface area contributed by atoms with Crippen LogP contribution in [0.3, 0.4) is 0 Å². The van der Waals surface area contributed by atoms with E-state index in [1.165, 1.54) is 63.6 Å². The van der Waals surface area contributed by atoms with Crippen LogP contribution >= 0.6 is 12.2 Å². The van der Waals surface area contributed by atoms with Gasteiger partial charge < -0.3 is 15.1 Å². The Morgan fingerprint density at radius 3 is 2.38 bits per heavy atom. The molecule has 0 saturated carbocycles. The first-order chi connectivity index (χ1) is 11.8. The van der Waals surface area contributed by atoms with Crippen molar-refractivity contribution in [3.63, 3.8) is 0 Å². The van der Waals surface area contributed by atoms with Crippen LogP contribution in [0.5, 0.6) is 0 Å². The Balaban J connectivity index is 1.45. The second-order valence-electron chi connectivity index (χ2n) is 7.19. The Bertz CT molecular complexity index is 514. The largest absolute Gasteiger partial charge is 0.349 e. The summed E-state index contributed by atoms with van der Waals surface area (Å²) in [7, 11) is 0. The Kier molecular flexibility index (Phi) is 6.50. The highest BCUT2D eigenvalue weighted by atomic mass is 32.1. The number of unbranched alkanes of at least 4 members (excludes halogenated alkanes) is 1. The number of hydrogen-bond donors (Lipinski definition) is 1. The second-order valence-corrected chi connectivity index (χ2v) is 7.58. The summed E-state index contributed by atoms with van der Waals surface area (Å²) in [5, 5.41) is 4.31. The third kappa shape index (κ3) is 4.70. The molecule has 1 N–H and O–H groups in total. The van der Waals surface area contributed by atoms with Crippen LogP contribution in [0, 0.1) is 0 Å². The summed E-state index contributed by atoms with van der Waals surface area (Å²) in [6.45, 7) is 7.01. The lowest BCUT2D eigenvalue weighted by molar-refractivity contribution is 0.164. The first-order valence-corrected chi connectivity index (χ1v) is 10.1. The number of hydrogen-bond acceptors (Lipinski definition) is 2. The summed E-state index contributed by atoms with van der Waals surface area (Å²) in [6, 6.07) is 9.55. The van der Waals surface area contributed by atoms with Crippen molar-refractivity contribution in [1.29, 1.82) is 0 Å². The third-order valence-corrected chi connectivity index (χ3v) is 5.79. The Hall–Kier alpha value is -1.13. The van der Waals surface area contributed by atoms with E-state index < -0.39 is 0 Å². The fourth-order valence-electron chi connectivity index (χ4n) is 3.88. The van der Waals surface area contributed by atoms with Gasteiger partial charge in [-0.3, -0.25) is 0 Å². The van der Waals surface area contributed by atoms with Gasteiger partial charge in [-0.2, -0.15) is 0 Å². The van der Waals surface area contributed by atoms with E-state index in [0.717, 1.165) is 29.9 Å². The molecule has 0 unspecified atom stereocenters. The fraction of sp³-hybridized carbons (Fsp3) is 0.650. The minimum Gasteiger partial charge on any atom is -0.349 e. The lowest BCUT2D eigenvalue weighted by Crippen LogP contribution is -2.47. The van der Waals surface area contributed by atoms with Crippen molar-refractivity contribution in [3.05, 3.63) is 29.8 Å². The van der Waals surface area contributed by atoms with E-state index >= 15 is 0 Å². The molecule has 2 heterocycles. The van der Waals surface area contributed by atoms with Gasteiger partial charge in [-0.15, -0.1) is 0 Å². The van der Waals surface area contributed by atoms with E-state index in [9.17, 15) is 0 Å². The third-order valence-electron chi connectivity index (χ3n) is 5.43. The van der Waals surface area contributed by atoms with E-state index in [1.807, 2.05) is 0 Å². The van der Waals surface area contributed by atoms with Crippen LogP contribution in [0.15, 0.2) is 24.3 Å². The molecule has 132 valence electrons. The first-order valence-electron chi connectivity index (χ1n) is 9.65. The molecule has 0 aliphatic carbocycles. The fourth-order valence-corrected chi connectivity index (χ4v) is 4.18. The van der Waals surface area contributed by atoms with Crippen molar-refractivity contribution in [2.45, 2.75) is 57.9 Å². The Morgan fingerprint density at radius 1 is 1.08 bits per heavy atom. The Labute approximate surface area is 152 Å². The molecular weight excluding hydrogens is 314 g/mol. The first kappa shape index (κ1) is 17.7. The SMILES string of the molecule is CCCCc1ccc(NC(=S)N2CCC(N3CCCC3)CC2)cc1. The number of nitrogens with zero attached hydrogens (tertiary/aromatic N) is 2. The van der Waals surface area contributed by atoms with Gasteiger partial charge in [0.05, 0.1) is 0 Å². The van der Waals surface area contributed by atoms with Gasteiger partial charge in [0.2, 0.25) is 0 Å². The number of rotatable bonds is 5. The zero-order valence-corrected chi connectivity index (χ0v) is 15.8. The van der Waals surface area contributed by atoms with E-state index in [0.29, 0.717) is 0 Å². The van der Waals surface area contributed by atoms with Crippen molar-refractivity contribution in [3.8, 4) is 0 Å². The molecule has 1 aromatic carbocycles. The number of likely N-dealkylation sites (tertiary alicyclic amines) is 2. The summed E-state index contributed by atoms with van der Waals surface area (Å²) in [5.41, 5.74) is 2.53. The molecule has 0 bridgehead atoms. The summed E-state index contributed by atoms with van der Waals surface area (Å²) in [4.78, 5) is 5.02. The highest BCUT2D eigenvalue weighted by molar-refractivity contribution is 7.80. The lowest BCUT2D eigenvalue weighted by Gasteiger charge is -2.37. The molecule has 0 atom stereocenters. The predicted molar refractivity (Wildman–Crippen MR) is 107 cm³/mol. The number of nitrogens with one attached hydrogen (secondary N) is 1. The highest BCUT2D eigenvalue weighted by Crippen LogP contribution is 2.22. The van der Waals surface area contributed by atoms with Crippen LogP contribution in [0.25, 0.3) is 0 Å². The maximum atomic E-state index is 5.63. The molecule has 2 aliphatic rings. The predicted octanol–water partition coefficient (Wildman–Crippen LogP) is 4.29. The van der Waals surface area contributed by atoms with E-state index in [1.54, 1.807) is 0 Å². The monoisotopic (exact) mass is 345 g/mol. The molecule has 1 aromatic rings. The quantitative estimate of drug-likeness (QED) is 0.802. The standard InChI is InChI=1S/C20H31N3S/c1-2-3-6-17-7-9-18(10-8-17)21-20(24)23-15-11-19(12-16-23)22-13-4-5-14-22/h7-10,19H,2-6,11-16H2,1H3,(H,21,24). The molecule has 2 aliphatic heterocycles. The van der Waals surface area contributed by atoms with E-state index in [2.05, 4.69) is 46.3 Å². The number of thiocarbonyl (C=S) groups is 1. The molecule has 0 radical (unpaired) electrons. The van der Waals surface area contributed by atoms with E-state index in [4.69, 9.17) is 12.2 Å². The van der Waals surface area contributed by atoms with Gasteiger partial charge in [0.1, 0.15) is 0 Å². The van der Waals surface area contributed by atoms with Crippen LogP contribution in [-0.2, 0) is 6.42 Å². The van der Waals surface area contributed by atoms with Gasteiger partial charge in [-0.05, 0) is 81.5 Å². The number of piperidine rings is 1. The summed E-state index contributed by atoms with van der Waals surface area (Å²) < 4.78 is 0. The van der Waals surface area contributed by atoms with Crippen molar-refractivity contribution < 1.29 is 0 Å².